The highest BCUT2D eigenvalue weighted by Crippen LogP contribution is 2.09. The summed E-state index contributed by atoms with van der Waals surface area (Å²) in [5.41, 5.74) is 0. The summed E-state index contributed by atoms with van der Waals surface area (Å²) < 4.78 is 5.35. The van der Waals surface area contributed by atoms with Gasteiger partial charge in [0.15, 0.2) is 0 Å². The normalized spacial score (nSPS) is 13.5. The quantitative estimate of drug-likeness (QED) is 0.687. The molecule has 0 aliphatic carbocycles. The molecule has 2 amide bonds. The molecule has 0 bridgehead atoms. The van der Waals surface area contributed by atoms with E-state index in [-0.39, 0.29) is 18.0 Å². The monoisotopic (exact) mass is 296 g/mol. The minimum absolute atomic E-state index is 0.00401. The maximum absolute atomic E-state index is 11.7. The van der Waals surface area contributed by atoms with Crippen molar-refractivity contribution in [2.75, 3.05) is 0 Å². The highest BCUT2D eigenvalue weighted by molar-refractivity contribution is 5.74. The molecule has 0 aromatic carbocycles. The van der Waals surface area contributed by atoms with Crippen LogP contribution in [0, 0.1) is 12.8 Å². The molecule has 0 aliphatic heterocycles. The Morgan fingerprint density at radius 2 is 2.00 bits per heavy atom. The van der Waals surface area contributed by atoms with E-state index >= 15 is 0 Å². The number of hydrogen-bond acceptors (Lipinski definition) is 3. The van der Waals surface area contributed by atoms with Crippen LogP contribution in [-0.4, -0.2) is 23.1 Å². The molecular weight excluding hydrogens is 272 g/mol. The fraction of sp³-hybridized carbons (Fsp3) is 0.600. The summed E-state index contributed by atoms with van der Waals surface area (Å²) in [6, 6.07) is 3.43. The van der Waals surface area contributed by atoms with Gasteiger partial charge < -0.3 is 20.2 Å². The molecular formula is C15H24N2O4. The first-order valence-corrected chi connectivity index (χ1v) is 7.21. The molecule has 0 radical (unpaired) electrons. The Labute approximate surface area is 124 Å². The maximum atomic E-state index is 11.7. The molecule has 6 heteroatoms. The molecule has 2 unspecified atom stereocenters. The number of rotatable bonds is 8. The first-order chi connectivity index (χ1) is 9.88. The van der Waals surface area contributed by atoms with Crippen molar-refractivity contribution in [3.63, 3.8) is 0 Å². The number of hydrogen-bond donors (Lipinski definition) is 3. The average Bonchev–Trinajstić information content (AvgIpc) is 2.82. The number of carboxylic acid groups (broad SMARTS) is 1. The Hall–Kier alpha value is -1.98. The third-order valence-corrected chi connectivity index (χ3v) is 3.29. The molecule has 2 atom stereocenters. The number of aryl methyl sites for hydroxylation is 1. The summed E-state index contributed by atoms with van der Waals surface area (Å²) in [6.07, 6.45) is 2.14. The number of nitrogens with one attached hydrogen (secondary N) is 2. The second-order valence-corrected chi connectivity index (χ2v) is 5.41. The molecule has 0 spiro atoms. The molecule has 1 rings (SSSR count). The number of carboxylic acids is 1. The topological polar surface area (TPSA) is 91.6 Å². The lowest BCUT2D eigenvalue weighted by Gasteiger charge is -2.15. The third-order valence-electron chi connectivity index (χ3n) is 3.29. The van der Waals surface area contributed by atoms with Crippen LogP contribution < -0.4 is 10.6 Å². The van der Waals surface area contributed by atoms with Crippen LogP contribution in [0.3, 0.4) is 0 Å². The molecule has 1 aromatic rings. The first kappa shape index (κ1) is 17.1. The maximum Gasteiger partial charge on any atom is 0.315 e. The fourth-order valence-electron chi connectivity index (χ4n) is 1.95. The van der Waals surface area contributed by atoms with Crippen LogP contribution in [0.4, 0.5) is 4.79 Å². The van der Waals surface area contributed by atoms with E-state index in [1.807, 2.05) is 26.0 Å². The molecule has 0 saturated heterocycles. The van der Waals surface area contributed by atoms with Crippen molar-refractivity contribution in [3.05, 3.63) is 23.7 Å². The number of amides is 2. The number of furan rings is 1. The van der Waals surface area contributed by atoms with E-state index in [2.05, 4.69) is 10.6 Å². The zero-order valence-electron chi connectivity index (χ0n) is 12.8. The van der Waals surface area contributed by atoms with Crippen LogP contribution in [0.2, 0.25) is 0 Å². The predicted molar refractivity (Wildman–Crippen MR) is 78.9 cm³/mol. The smallest absolute Gasteiger partial charge is 0.315 e. The second kappa shape index (κ2) is 8.34. The Kier molecular flexibility index (Phi) is 6.78. The summed E-state index contributed by atoms with van der Waals surface area (Å²) in [7, 11) is 0. The Morgan fingerprint density at radius 3 is 2.57 bits per heavy atom. The molecule has 3 N–H and O–H groups in total. The van der Waals surface area contributed by atoms with Crippen LogP contribution in [0.5, 0.6) is 0 Å². The number of aliphatic carboxylic acids is 1. The van der Waals surface area contributed by atoms with Gasteiger partial charge in [0.25, 0.3) is 0 Å². The molecule has 1 heterocycles. The SMILES string of the molecule is Cc1ccc(CNC(=O)NC(C)CCCC(C)C(=O)O)o1. The summed E-state index contributed by atoms with van der Waals surface area (Å²) in [5.74, 6) is 0.411. The van der Waals surface area contributed by atoms with Gasteiger partial charge in [0.2, 0.25) is 0 Å². The molecule has 21 heavy (non-hydrogen) atoms. The van der Waals surface area contributed by atoms with Crippen molar-refractivity contribution in [2.24, 2.45) is 5.92 Å². The lowest BCUT2D eigenvalue weighted by atomic mass is 10.0. The molecule has 1 aromatic heterocycles. The van der Waals surface area contributed by atoms with Crippen LogP contribution in [-0.2, 0) is 11.3 Å². The van der Waals surface area contributed by atoms with Gasteiger partial charge in [-0.1, -0.05) is 13.3 Å². The lowest BCUT2D eigenvalue weighted by molar-refractivity contribution is -0.141. The van der Waals surface area contributed by atoms with Crippen molar-refractivity contribution in [1.82, 2.24) is 10.6 Å². The highest BCUT2D eigenvalue weighted by Gasteiger charge is 2.12. The van der Waals surface area contributed by atoms with E-state index in [1.54, 1.807) is 6.92 Å². The number of carbonyl (C=O) groups excluding carboxylic acids is 1. The Bertz CT molecular complexity index is 470. The molecule has 6 nitrogen and oxygen atoms in total. The standard InChI is InChI=1S/C15H24N2O4/c1-10(14(18)19)5-4-6-11(2)17-15(20)16-9-13-8-7-12(3)21-13/h7-8,10-11H,4-6,9H2,1-3H3,(H,18,19)(H2,16,17,20). The van der Waals surface area contributed by atoms with E-state index in [0.717, 1.165) is 18.6 Å². The van der Waals surface area contributed by atoms with Gasteiger partial charge in [-0.05, 0) is 38.8 Å². The zero-order chi connectivity index (χ0) is 15.8. The lowest BCUT2D eigenvalue weighted by Crippen LogP contribution is -2.40. The van der Waals surface area contributed by atoms with E-state index < -0.39 is 5.97 Å². The van der Waals surface area contributed by atoms with E-state index in [4.69, 9.17) is 9.52 Å². The minimum Gasteiger partial charge on any atom is -0.481 e. The number of urea groups is 1. The van der Waals surface area contributed by atoms with Crippen LogP contribution in [0.15, 0.2) is 16.5 Å². The van der Waals surface area contributed by atoms with Crippen LogP contribution in [0.1, 0.15) is 44.6 Å². The average molecular weight is 296 g/mol. The summed E-state index contributed by atoms with van der Waals surface area (Å²) in [5, 5.41) is 14.3. The second-order valence-electron chi connectivity index (χ2n) is 5.41. The summed E-state index contributed by atoms with van der Waals surface area (Å²) in [4.78, 5) is 22.4. The number of carbonyl (C=O) groups is 2. The Morgan fingerprint density at radius 1 is 1.29 bits per heavy atom. The minimum atomic E-state index is -0.776. The zero-order valence-corrected chi connectivity index (χ0v) is 12.8. The van der Waals surface area contributed by atoms with Crippen LogP contribution in [0.25, 0.3) is 0 Å². The molecule has 118 valence electrons. The fourth-order valence-corrected chi connectivity index (χ4v) is 1.95. The van der Waals surface area contributed by atoms with Crippen molar-refractivity contribution >= 4 is 12.0 Å². The van der Waals surface area contributed by atoms with E-state index in [9.17, 15) is 9.59 Å². The van der Waals surface area contributed by atoms with Crippen molar-refractivity contribution in [3.8, 4) is 0 Å². The van der Waals surface area contributed by atoms with Gasteiger partial charge in [0, 0.05) is 6.04 Å². The van der Waals surface area contributed by atoms with Gasteiger partial charge >= 0.3 is 12.0 Å². The third kappa shape index (κ3) is 6.83. The summed E-state index contributed by atoms with van der Waals surface area (Å²) in [6.45, 7) is 5.80. The van der Waals surface area contributed by atoms with Gasteiger partial charge in [-0.15, -0.1) is 0 Å². The van der Waals surface area contributed by atoms with Gasteiger partial charge in [-0.2, -0.15) is 0 Å². The Balaban J connectivity index is 2.17. The van der Waals surface area contributed by atoms with Crippen molar-refractivity contribution < 1.29 is 19.1 Å². The first-order valence-electron chi connectivity index (χ1n) is 7.21. The largest absolute Gasteiger partial charge is 0.481 e. The van der Waals surface area contributed by atoms with Gasteiger partial charge in [-0.25, -0.2) is 4.79 Å². The highest BCUT2D eigenvalue weighted by atomic mass is 16.4. The van der Waals surface area contributed by atoms with E-state index in [1.165, 1.54) is 0 Å². The van der Waals surface area contributed by atoms with E-state index in [0.29, 0.717) is 18.7 Å². The molecule has 0 saturated carbocycles. The predicted octanol–water partition coefficient (Wildman–Crippen LogP) is 2.67. The van der Waals surface area contributed by atoms with Gasteiger partial charge in [0.1, 0.15) is 11.5 Å². The molecule has 0 aliphatic rings. The summed E-state index contributed by atoms with van der Waals surface area (Å²) >= 11 is 0. The van der Waals surface area contributed by atoms with Gasteiger partial charge in [-0.3, -0.25) is 4.79 Å². The molecule has 0 fully saturated rings. The van der Waals surface area contributed by atoms with Gasteiger partial charge in [0.05, 0.1) is 12.5 Å². The van der Waals surface area contributed by atoms with Crippen molar-refractivity contribution in [2.45, 2.75) is 52.6 Å². The van der Waals surface area contributed by atoms with Crippen molar-refractivity contribution in [1.29, 1.82) is 0 Å². The van der Waals surface area contributed by atoms with Crippen LogP contribution >= 0.6 is 0 Å².